The van der Waals surface area contributed by atoms with Crippen molar-refractivity contribution in [3.05, 3.63) is 65.7 Å². The summed E-state index contributed by atoms with van der Waals surface area (Å²) in [6.07, 6.45) is 0.325. The fourth-order valence-corrected chi connectivity index (χ4v) is 9.86. The molecule has 1 aliphatic rings. The first-order valence-corrected chi connectivity index (χ1v) is 23.9. The van der Waals surface area contributed by atoms with Gasteiger partial charge in [0.15, 0.2) is 0 Å². The van der Waals surface area contributed by atoms with Crippen LogP contribution in [0.1, 0.15) is 85.3 Å². The Morgan fingerprint density at radius 2 is 1.45 bits per heavy atom. The second-order valence-corrected chi connectivity index (χ2v) is 19.7. The van der Waals surface area contributed by atoms with E-state index in [0.717, 1.165) is 5.56 Å². The maximum atomic E-state index is 14.4. The lowest BCUT2D eigenvalue weighted by atomic mass is 9.89. The number of amides is 5. The minimum Gasteiger partial charge on any atom is -0.379 e. The predicted octanol–water partition coefficient (Wildman–Crippen LogP) is 3.33. The highest BCUT2D eigenvalue weighted by Gasteiger charge is 2.43. The van der Waals surface area contributed by atoms with Gasteiger partial charge in [0.2, 0.25) is 23.6 Å². The second kappa shape index (κ2) is 24.8. The van der Waals surface area contributed by atoms with Crippen LogP contribution in [0.4, 0.5) is 0 Å². The fourth-order valence-electron chi connectivity index (χ4n) is 8.84. The highest BCUT2D eigenvalue weighted by atomic mass is 32.2. The third kappa shape index (κ3) is 14.0. The standard InChI is InChI=1S/C47H75N7O9S/c1-13-31(6)42(53(10)47(59)40(29(2)3)50-46(58)41(30(4)5)52(8)9)38(62-11)27-39(55)54-25-17-20-37(54)43(63-12)32(7)44(56)49-36(26-33-18-15-14-16-19-33)45(57)51-64(60,61)35-23-21-34(28-48)22-24-35/h14-16,18-19,21-24,29-32,36-38,40-43H,13,17,20,25-28,48H2,1-12H3,(H,49,56)(H,50,58)(H,51,57)/t31-,32+,36-,37-,38+,40-,41-,42?,43+/m0/s1. The second-order valence-electron chi connectivity index (χ2n) is 18.0. The van der Waals surface area contributed by atoms with Crippen molar-refractivity contribution < 1.29 is 41.9 Å². The van der Waals surface area contributed by atoms with Gasteiger partial charge in [0.25, 0.3) is 15.9 Å². The van der Waals surface area contributed by atoms with E-state index >= 15 is 0 Å². The maximum Gasteiger partial charge on any atom is 0.264 e. The van der Waals surface area contributed by atoms with E-state index < -0.39 is 70.2 Å². The van der Waals surface area contributed by atoms with Crippen LogP contribution in [-0.2, 0) is 56.4 Å². The number of rotatable bonds is 24. The third-order valence-electron chi connectivity index (χ3n) is 12.6. The molecule has 3 rings (SSSR count). The first kappa shape index (κ1) is 53.9. The summed E-state index contributed by atoms with van der Waals surface area (Å²) in [4.78, 5) is 75.1. The van der Waals surface area contributed by atoms with E-state index in [1.165, 1.54) is 26.4 Å². The van der Waals surface area contributed by atoms with Crippen LogP contribution in [0.15, 0.2) is 59.5 Å². The Kier molecular flexibility index (Phi) is 20.9. The normalized spacial score (nSPS) is 18.1. The zero-order valence-corrected chi connectivity index (χ0v) is 40.8. The zero-order chi connectivity index (χ0) is 48.1. The number of hydrogen-bond acceptors (Lipinski definition) is 11. The van der Waals surface area contributed by atoms with Crippen LogP contribution in [0, 0.1) is 23.7 Å². The van der Waals surface area contributed by atoms with E-state index in [-0.39, 0.29) is 59.8 Å². The minimum absolute atomic E-state index is 0.00396. The molecule has 2 aromatic rings. The van der Waals surface area contributed by atoms with Gasteiger partial charge in [-0.25, -0.2) is 13.1 Å². The molecule has 1 heterocycles. The van der Waals surface area contributed by atoms with Crippen molar-refractivity contribution in [1.82, 2.24) is 30.1 Å². The number of sulfonamides is 1. The van der Waals surface area contributed by atoms with Crippen molar-refractivity contribution in [1.29, 1.82) is 0 Å². The number of methoxy groups -OCH3 is 2. The maximum absolute atomic E-state index is 14.4. The van der Waals surface area contributed by atoms with Gasteiger partial charge in [-0.15, -0.1) is 0 Å². The SMILES string of the molecule is CC[C@H](C)C([C@@H](CC(=O)N1CCC[C@H]1[C@H](OC)[C@@H](C)C(=O)N[C@@H](Cc1ccccc1)C(=O)NS(=O)(=O)c1ccc(CN)cc1)OC)N(C)C(=O)[C@@H](NC(=O)[C@H](C(C)C)N(C)C)C(C)C. The molecule has 16 nitrogen and oxygen atoms in total. The van der Waals surface area contributed by atoms with Crippen LogP contribution < -0.4 is 21.1 Å². The lowest BCUT2D eigenvalue weighted by molar-refractivity contribution is -0.148. The molecule has 0 spiro atoms. The molecular weight excluding hydrogens is 839 g/mol. The average Bonchev–Trinajstić information content (AvgIpc) is 3.74. The summed E-state index contributed by atoms with van der Waals surface area (Å²) in [5.74, 6) is -3.39. The molecule has 0 aromatic heterocycles. The Morgan fingerprint density at radius 3 is 1.97 bits per heavy atom. The fraction of sp³-hybridized carbons (Fsp3) is 0.638. The van der Waals surface area contributed by atoms with Gasteiger partial charge in [-0.1, -0.05) is 97.4 Å². The summed E-state index contributed by atoms with van der Waals surface area (Å²) in [6.45, 7) is 14.0. The Bertz CT molecular complexity index is 1940. The predicted molar refractivity (Wildman–Crippen MR) is 247 cm³/mol. The van der Waals surface area contributed by atoms with Gasteiger partial charge in [-0.3, -0.25) is 28.9 Å². The summed E-state index contributed by atoms with van der Waals surface area (Å²) >= 11 is 0. The van der Waals surface area contributed by atoms with Crippen LogP contribution in [0.5, 0.6) is 0 Å². The van der Waals surface area contributed by atoms with Crippen LogP contribution in [-0.4, -0.2) is 137 Å². The molecule has 0 radical (unpaired) electrons. The van der Waals surface area contributed by atoms with Gasteiger partial charge < -0.3 is 35.6 Å². The summed E-state index contributed by atoms with van der Waals surface area (Å²) in [6, 6.07) is 11.2. The summed E-state index contributed by atoms with van der Waals surface area (Å²) in [5, 5.41) is 5.80. The molecule has 9 atom stereocenters. The monoisotopic (exact) mass is 914 g/mol. The van der Waals surface area contributed by atoms with Crippen molar-refractivity contribution >= 4 is 39.6 Å². The van der Waals surface area contributed by atoms with Crippen molar-refractivity contribution in [2.45, 2.75) is 134 Å². The number of likely N-dealkylation sites (tertiary alicyclic amines) is 1. The van der Waals surface area contributed by atoms with Crippen molar-refractivity contribution in [3.63, 3.8) is 0 Å². The summed E-state index contributed by atoms with van der Waals surface area (Å²) in [7, 11) is 4.06. The highest BCUT2D eigenvalue weighted by Crippen LogP contribution is 2.30. The smallest absolute Gasteiger partial charge is 0.264 e. The number of nitrogens with two attached hydrogens (primary N) is 1. The van der Waals surface area contributed by atoms with Gasteiger partial charge in [0, 0.05) is 40.8 Å². The van der Waals surface area contributed by atoms with Crippen LogP contribution in [0.2, 0.25) is 0 Å². The topological polar surface area (TPSA) is 210 Å². The molecule has 1 unspecified atom stereocenters. The molecule has 5 amide bonds. The molecule has 358 valence electrons. The van der Waals surface area contributed by atoms with Crippen LogP contribution >= 0.6 is 0 Å². The van der Waals surface area contributed by atoms with Crippen molar-refractivity contribution in [2.75, 3.05) is 41.9 Å². The molecule has 17 heteroatoms. The Morgan fingerprint density at radius 1 is 0.828 bits per heavy atom. The molecule has 1 fully saturated rings. The number of nitrogens with zero attached hydrogens (tertiary/aromatic N) is 3. The molecule has 0 saturated carbocycles. The molecule has 1 aliphatic heterocycles. The number of hydrogen-bond donors (Lipinski definition) is 4. The summed E-state index contributed by atoms with van der Waals surface area (Å²) < 4.78 is 40.7. The van der Waals surface area contributed by atoms with E-state index in [0.29, 0.717) is 31.4 Å². The van der Waals surface area contributed by atoms with Crippen molar-refractivity contribution in [2.24, 2.45) is 29.4 Å². The third-order valence-corrected chi connectivity index (χ3v) is 13.9. The number of carbonyl (C=O) groups excluding carboxylic acids is 5. The van der Waals surface area contributed by atoms with E-state index in [1.807, 2.05) is 66.6 Å². The Balaban J connectivity index is 1.83. The molecule has 0 bridgehead atoms. The van der Waals surface area contributed by atoms with Crippen molar-refractivity contribution in [3.8, 4) is 0 Å². The molecule has 64 heavy (non-hydrogen) atoms. The van der Waals surface area contributed by atoms with E-state index in [9.17, 15) is 32.4 Å². The van der Waals surface area contributed by atoms with Gasteiger partial charge in [0.1, 0.15) is 12.1 Å². The number of benzene rings is 2. The van der Waals surface area contributed by atoms with Gasteiger partial charge in [-0.05, 0) is 68.0 Å². The first-order valence-electron chi connectivity index (χ1n) is 22.4. The minimum atomic E-state index is -4.30. The van der Waals surface area contributed by atoms with Gasteiger partial charge in [0.05, 0.1) is 47.6 Å². The quantitative estimate of drug-likeness (QED) is 0.120. The Hall–Kier alpha value is -4.42. The zero-order valence-electron chi connectivity index (χ0n) is 40.0. The molecule has 5 N–H and O–H groups in total. The van der Waals surface area contributed by atoms with E-state index in [2.05, 4.69) is 15.4 Å². The lowest BCUT2D eigenvalue weighted by Crippen LogP contribution is -2.59. The van der Waals surface area contributed by atoms with E-state index in [4.69, 9.17) is 15.2 Å². The number of carbonyl (C=O) groups is 5. The molecular formula is C47H75N7O9S. The molecule has 1 saturated heterocycles. The number of nitrogens with one attached hydrogen (secondary N) is 3. The number of ether oxygens (including phenoxy) is 2. The van der Waals surface area contributed by atoms with Crippen LogP contribution in [0.25, 0.3) is 0 Å². The van der Waals surface area contributed by atoms with Crippen LogP contribution in [0.3, 0.4) is 0 Å². The molecule has 2 aromatic carbocycles. The first-order chi connectivity index (χ1) is 30.1. The highest BCUT2D eigenvalue weighted by molar-refractivity contribution is 7.90. The largest absolute Gasteiger partial charge is 0.379 e. The molecule has 0 aliphatic carbocycles. The lowest BCUT2D eigenvalue weighted by Gasteiger charge is -2.41. The van der Waals surface area contributed by atoms with Gasteiger partial charge in [-0.2, -0.15) is 0 Å². The number of likely N-dealkylation sites (N-methyl/N-ethyl adjacent to an activating group) is 2. The summed E-state index contributed by atoms with van der Waals surface area (Å²) in [5.41, 5.74) is 7.08. The van der Waals surface area contributed by atoms with E-state index in [1.54, 1.807) is 60.2 Å². The average molecular weight is 914 g/mol. The Labute approximate surface area is 381 Å². The van der Waals surface area contributed by atoms with Gasteiger partial charge >= 0.3 is 0 Å².